The van der Waals surface area contributed by atoms with Crippen LogP contribution in [0.4, 0.5) is 4.39 Å². The third-order valence-electron chi connectivity index (χ3n) is 2.32. The van der Waals surface area contributed by atoms with Crippen LogP contribution in [-0.2, 0) is 10.0 Å². The van der Waals surface area contributed by atoms with Crippen molar-refractivity contribution in [3.05, 3.63) is 24.3 Å². The van der Waals surface area contributed by atoms with Gasteiger partial charge in [-0.1, -0.05) is 20.8 Å². The molecule has 0 saturated carbocycles. The zero-order valence-corrected chi connectivity index (χ0v) is 12.7. The highest BCUT2D eigenvalue weighted by Gasteiger charge is 2.20. The highest BCUT2D eigenvalue weighted by Crippen LogP contribution is 2.23. The Bertz CT molecular complexity index is 529. The van der Waals surface area contributed by atoms with Crippen LogP contribution in [0.25, 0.3) is 0 Å². The van der Waals surface area contributed by atoms with Gasteiger partial charge < -0.3 is 0 Å². The average molecular weight is 309 g/mol. The van der Waals surface area contributed by atoms with E-state index in [1.54, 1.807) is 0 Å². The number of hydrogen-bond acceptors (Lipinski definition) is 3. The molecule has 1 unspecified atom stereocenters. The van der Waals surface area contributed by atoms with Gasteiger partial charge in [-0.3, -0.25) is 4.98 Å². The maximum absolute atomic E-state index is 12.9. The minimum Gasteiger partial charge on any atom is -0.260 e. The van der Waals surface area contributed by atoms with Crippen molar-refractivity contribution in [3.63, 3.8) is 0 Å². The molecule has 7 heteroatoms. The Morgan fingerprint density at radius 2 is 2.05 bits per heavy atom. The second-order valence-electron chi connectivity index (χ2n) is 5.55. The van der Waals surface area contributed by atoms with E-state index in [0.717, 1.165) is 18.5 Å². The summed E-state index contributed by atoms with van der Waals surface area (Å²) in [5.74, 6) is -0.694. The lowest BCUT2D eigenvalue weighted by Gasteiger charge is -2.21. The van der Waals surface area contributed by atoms with E-state index in [-0.39, 0.29) is 22.2 Å². The largest absolute Gasteiger partial charge is 0.260 e. The SMILES string of the molecule is CC(C)(C)CC(Cl)CNS(=O)(=O)c1cncc(F)c1. The van der Waals surface area contributed by atoms with Crippen LogP contribution in [0.5, 0.6) is 0 Å². The van der Waals surface area contributed by atoms with Crippen molar-refractivity contribution in [1.82, 2.24) is 9.71 Å². The third kappa shape index (κ3) is 5.84. The van der Waals surface area contributed by atoms with Crippen LogP contribution >= 0.6 is 11.6 Å². The fourth-order valence-corrected chi connectivity index (χ4v) is 3.25. The van der Waals surface area contributed by atoms with Crippen molar-refractivity contribution in [3.8, 4) is 0 Å². The van der Waals surface area contributed by atoms with Crippen LogP contribution in [0.15, 0.2) is 23.4 Å². The van der Waals surface area contributed by atoms with E-state index in [9.17, 15) is 12.8 Å². The molecule has 0 amide bonds. The molecule has 0 fully saturated rings. The molecule has 1 N–H and O–H groups in total. The van der Waals surface area contributed by atoms with Crippen LogP contribution < -0.4 is 4.72 Å². The number of sulfonamides is 1. The molecular formula is C12H18ClFN2O2S. The molecule has 19 heavy (non-hydrogen) atoms. The second kappa shape index (κ2) is 6.15. The van der Waals surface area contributed by atoms with Gasteiger partial charge in [0.05, 0.1) is 6.20 Å². The van der Waals surface area contributed by atoms with Crippen molar-refractivity contribution in [1.29, 1.82) is 0 Å². The number of nitrogens with zero attached hydrogens (tertiary/aromatic N) is 1. The summed E-state index contributed by atoms with van der Waals surface area (Å²) < 4.78 is 39.1. The summed E-state index contributed by atoms with van der Waals surface area (Å²) in [6, 6.07) is 0.919. The van der Waals surface area contributed by atoms with Gasteiger partial charge in [0.15, 0.2) is 0 Å². The molecule has 1 atom stereocenters. The Morgan fingerprint density at radius 1 is 1.42 bits per heavy atom. The summed E-state index contributed by atoms with van der Waals surface area (Å²) in [6.07, 6.45) is 2.71. The van der Waals surface area contributed by atoms with Gasteiger partial charge in [-0.25, -0.2) is 17.5 Å². The quantitative estimate of drug-likeness (QED) is 0.850. The molecule has 0 aliphatic heterocycles. The highest BCUT2D eigenvalue weighted by atomic mass is 35.5. The molecule has 1 rings (SSSR count). The zero-order valence-electron chi connectivity index (χ0n) is 11.2. The molecular weight excluding hydrogens is 291 g/mol. The maximum atomic E-state index is 12.9. The van der Waals surface area contributed by atoms with Gasteiger partial charge >= 0.3 is 0 Å². The van der Waals surface area contributed by atoms with Gasteiger partial charge in [0, 0.05) is 18.1 Å². The van der Waals surface area contributed by atoms with E-state index in [1.165, 1.54) is 0 Å². The summed E-state index contributed by atoms with van der Waals surface area (Å²) in [7, 11) is -3.77. The lowest BCUT2D eigenvalue weighted by Crippen LogP contribution is -2.31. The molecule has 0 aliphatic rings. The first-order valence-electron chi connectivity index (χ1n) is 5.84. The fraction of sp³-hybridized carbons (Fsp3) is 0.583. The predicted octanol–water partition coefficient (Wildman–Crippen LogP) is 2.54. The Kier molecular flexibility index (Phi) is 5.29. The Morgan fingerprint density at radius 3 is 2.58 bits per heavy atom. The van der Waals surface area contributed by atoms with Crippen molar-refractivity contribution in [2.45, 2.75) is 37.5 Å². The molecule has 1 aromatic rings. The van der Waals surface area contributed by atoms with Gasteiger partial charge in [-0.05, 0) is 17.9 Å². The molecule has 0 aromatic carbocycles. The summed E-state index contributed by atoms with van der Waals surface area (Å²) >= 11 is 6.07. The molecule has 0 spiro atoms. The number of alkyl halides is 1. The summed E-state index contributed by atoms with van der Waals surface area (Å²) in [5, 5.41) is -0.323. The van der Waals surface area contributed by atoms with Gasteiger partial charge in [0.1, 0.15) is 10.7 Å². The average Bonchev–Trinajstić information content (AvgIpc) is 2.24. The molecule has 108 valence electrons. The van der Waals surface area contributed by atoms with Crippen LogP contribution in [-0.4, -0.2) is 25.3 Å². The van der Waals surface area contributed by atoms with E-state index in [1.807, 2.05) is 20.8 Å². The smallest absolute Gasteiger partial charge is 0.242 e. The van der Waals surface area contributed by atoms with Crippen LogP contribution in [0.3, 0.4) is 0 Å². The van der Waals surface area contributed by atoms with Gasteiger partial charge in [0.25, 0.3) is 0 Å². The molecule has 1 aromatic heterocycles. The minimum absolute atomic E-state index is 0.0122. The normalized spacial score (nSPS) is 14.4. The van der Waals surface area contributed by atoms with Gasteiger partial charge in [0.2, 0.25) is 10.0 Å². The van der Waals surface area contributed by atoms with Crippen molar-refractivity contribution < 1.29 is 12.8 Å². The topological polar surface area (TPSA) is 59.1 Å². The van der Waals surface area contributed by atoms with Crippen molar-refractivity contribution >= 4 is 21.6 Å². The Labute approximate surface area is 118 Å². The number of hydrogen-bond donors (Lipinski definition) is 1. The zero-order chi connectivity index (χ0) is 14.7. The van der Waals surface area contributed by atoms with E-state index in [2.05, 4.69) is 9.71 Å². The van der Waals surface area contributed by atoms with E-state index >= 15 is 0 Å². The first-order chi connectivity index (χ1) is 8.60. The maximum Gasteiger partial charge on any atom is 0.242 e. The summed E-state index contributed by atoms with van der Waals surface area (Å²) in [5.41, 5.74) is 0.0122. The minimum atomic E-state index is -3.77. The number of aromatic nitrogens is 1. The van der Waals surface area contributed by atoms with Crippen molar-refractivity contribution in [2.75, 3.05) is 6.54 Å². The molecule has 0 bridgehead atoms. The third-order valence-corrected chi connectivity index (χ3v) is 4.02. The van der Waals surface area contributed by atoms with E-state index in [0.29, 0.717) is 6.42 Å². The second-order valence-corrected chi connectivity index (χ2v) is 7.94. The Hall–Kier alpha value is -0.720. The van der Waals surface area contributed by atoms with Gasteiger partial charge in [-0.2, -0.15) is 0 Å². The van der Waals surface area contributed by atoms with Crippen LogP contribution in [0.1, 0.15) is 27.2 Å². The molecule has 0 radical (unpaired) electrons. The Balaban J connectivity index is 2.66. The monoisotopic (exact) mass is 308 g/mol. The molecule has 1 heterocycles. The standard InChI is InChI=1S/C12H18ClFN2O2S/c1-12(2,3)5-9(13)6-16-19(17,18)11-4-10(14)7-15-8-11/h4,7-9,16H,5-6H2,1-3H3. The number of nitrogens with one attached hydrogen (secondary N) is 1. The number of pyridine rings is 1. The summed E-state index contributed by atoms with van der Waals surface area (Å²) in [6.45, 7) is 6.16. The number of rotatable bonds is 5. The molecule has 0 aliphatic carbocycles. The van der Waals surface area contributed by atoms with Crippen LogP contribution in [0.2, 0.25) is 0 Å². The van der Waals surface area contributed by atoms with Gasteiger partial charge in [-0.15, -0.1) is 11.6 Å². The van der Waals surface area contributed by atoms with E-state index in [4.69, 9.17) is 11.6 Å². The fourth-order valence-electron chi connectivity index (χ4n) is 1.56. The number of halogens is 2. The predicted molar refractivity (Wildman–Crippen MR) is 73.1 cm³/mol. The first kappa shape index (κ1) is 16.3. The van der Waals surface area contributed by atoms with Crippen molar-refractivity contribution in [2.24, 2.45) is 5.41 Å². The van der Waals surface area contributed by atoms with E-state index < -0.39 is 15.8 Å². The molecule has 0 saturated heterocycles. The first-order valence-corrected chi connectivity index (χ1v) is 7.76. The lowest BCUT2D eigenvalue weighted by atomic mass is 9.90. The highest BCUT2D eigenvalue weighted by molar-refractivity contribution is 7.89. The summed E-state index contributed by atoms with van der Waals surface area (Å²) in [4.78, 5) is 3.31. The lowest BCUT2D eigenvalue weighted by molar-refractivity contribution is 0.369. The molecule has 4 nitrogen and oxygen atoms in total. The van der Waals surface area contributed by atoms with Crippen LogP contribution in [0, 0.1) is 11.2 Å².